The lowest BCUT2D eigenvalue weighted by Gasteiger charge is -2.22. The second-order valence-corrected chi connectivity index (χ2v) is 5.19. The van der Waals surface area contributed by atoms with Crippen LogP contribution in [-0.2, 0) is 0 Å². The molecule has 1 aromatic carbocycles. The molecule has 2 aromatic rings. The number of nitrogens with zero attached hydrogens (tertiary/aromatic N) is 2. The van der Waals surface area contributed by atoms with Crippen molar-refractivity contribution in [3.8, 4) is 11.6 Å². The van der Waals surface area contributed by atoms with Crippen molar-refractivity contribution in [3.63, 3.8) is 0 Å². The molecule has 0 amide bonds. The highest BCUT2D eigenvalue weighted by molar-refractivity contribution is 5.34. The highest BCUT2D eigenvalue weighted by Crippen LogP contribution is 2.26. The molecule has 3 rings (SSSR count). The first kappa shape index (κ1) is 13.1. The van der Waals surface area contributed by atoms with E-state index in [0.29, 0.717) is 11.8 Å². The van der Waals surface area contributed by atoms with Gasteiger partial charge >= 0.3 is 0 Å². The van der Waals surface area contributed by atoms with Gasteiger partial charge in [-0.2, -0.15) is 0 Å². The van der Waals surface area contributed by atoms with Crippen molar-refractivity contribution in [2.45, 2.75) is 25.7 Å². The molecule has 0 spiro atoms. The minimum absolute atomic E-state index is 0.441. The average Bonchev–Trinajstić information content (AvgIpc) is 2.51. The molecule has 1 aromatic heterocycles. The van der Waals surface area contributed by atoms with Gasteiger partial charge in [0.25, 0.3) is 0 Å². The summed E-state index contributed by atoms with van der Waals surface area (Å²) in [6.07, 6.45) is 5.87. The van der Waals surface area contributed by atoms with Crippen LogP contribution in [0, 0.1) is 6.92 Å². The van der Waals surface area contributed by atoms with Crippen LogP contribution in [0.15, 0.2) is 36.7 Å². The molecule has 4 heteroatoms. The molecule has 1 unspecified atom stereocenters. The topological polar surface area (TPSA) is 47.0 Å². The average molecular weight is 269 g/mol. The number of ether oxygens (including phenoxy) is 1. The number of rotatable bonds is 3. The van der Waals surface area contributed by atoms with Crippen molar-refractivity contribution < 1.29 is 4.74 Å². The first-order valence-corrected chi connectivity index (χ1v) is 7.09. The third kappa shape index (κ3) is 2.96. The van der Waals surface area contributed by atoms with Crippen LogP contribution >= 0.6 is 0 Å². The SMILES string of the molecule is Cc1ccccc1Oc1cncc(C2CCCNC2)n1. The molecule has 1 atom stereocenters. The molecule has 1 saturated heterocycles. The summed E-state index contributed by atoms with van der Waals surface area (Å²) in [6.45, 7) is 4.10. The van der Waals surface area contributed by atoms with Crippen LogP contribution in [0.1, 0.15) is 30.0 Å². The van der Waals surface area contributed by atoms with Crippen molar-refractivity contribution >= 4 is 0 Å². The van der Waals surface area contributed by atoms with Gasteiger partial charge in [-0.05, 0) is 37.9 Å². The van der Waals surface area contributed by atoms with E-state index in [1.807, 2.05) is 37.4 Å². The van der Waals surface area contributed by atoms with Gasteiger partial charge in [-0.15, -0.1) is 0 Å². The zero-order chi connectivity index (χ0) is 13.8. The van der Waals surface area contributed by atoms with Crippen molar-refractivity contribution in [3.05, 3.63) is 47.9 Å². The largest absolute Gasteiger partial charge is 0.437 e. The summed E-state index contributed by atoms with van der Waals surface area (Å²) in [5.74, 6) is 1.85. The van der Waals surface area contributed by atoms with Gasteiger partial charge in [0.15, 0.2) is 0 Å². The minimum Gasteiger partial charge on any atom is -0.437 e. The minimum atomic E-state index is 0.441. The molecule has 4 nitrogen and oxygen atoms in total. The van der Waals surface area contributed by atoms with Gasteiger partial charge in [-0.3, -0.25) is 4.98 Å². The van der Waals surface area contributed by atoms with Gasteiger partial charge in [-0.1, -0.05) is 18.2 Å². The van der Waals surface area contributed by atoms with E-state index >= 15 is 0 Å². The Labute approximate surface area is 119 Å². The third-order valence-electron chi connectivity index (χ3n) is 3.65. The first-order chi connectivity index (χ1) is 9.83. The number of piperidine rings is 1. The van der Waals surface area contributed by atoms with Crippen molar-refractivity contribution in [1.82, 2.24) is 15.3 Å². The fraction of sp³-hybridized carbons (Fsp3) is 0.375. The second kappa shape index (κ2) is 6.01. The molecule has 0 aliphatic carbocycles. The van der Waals surface area contributed by atoms with Crippen LogP contribution in [0.25, 0.3) is 0 Å². The van der Waals surface area contributed by atoms with Crippen LogP contribution in [0.5, 0.6) is 11.6 Å². The second-order valence-electron chi connectivity index (χ2n) is 5.19. The maximum absolute atomic E-state index is 5.85. The quantitative estimate of drug-likeness (QED) is 0.930. The highest BCUT2D eigenvalue weighted by Gasteiger charge is 2.17. The maximum Gasteiger partial charge on any atom is 0.238 e. The number of aromatic nitrogens is 2. The van der Waals surface area contributed by atoms with Crippen molar-refractivity contribution in [2.24, 2.45) is 0 Å². The van der Waals surface area contributed by atoms with Crippen LogP contribution in [0.3, 0.4) is 0 Å². The van der Waals surface area contributed by atoms with E-state index in [9.17, 15) is 0 Å². The van der Waals surface area contributed by atoms with E-state index in [1.165, 1.54) is 6.42 Å². The molecule has 0 bridgehead atoms. The number of nitrogens with one attached hydrogen (secondary N) is 1. The smallest absolute Gasteiger partial charge is 0.238 e. The normalized spacial score (nSPS) is 18.8. The predicted octanol–water partition coefficient (Wildman–Crippen LogP) is 3.04. The maximum atomic E-state index is 5.85. The van der Waals surface area contributed by atoms with E-state index < -0.39 is 0 Å². The summed E-state index contributed by atoms with van der Waals surface area (Å²) in [5, 5.41) is 3.40. The van der Waals surface area contributed by atoms with Gasteiger partial charge in [-0.25, -0.2) is 4.98 Å². The fourth-order valence-corrected chi connectivity index (χ4v) is 2.50. The number of benzene rings is 1. The van der Waals surface area contributed by atoms with Gasteiger partial charge in [0.2, 0.25) is 5.88 Å². The van der Waals surface area contributed by atoms with Crippen LogP contribution in [0.2, 0.25) is 0 Å². The van der Waals surface area contributed by atoms with Crippen LogP contribution < -0.4 is 10.1 Å². The summed E-state index contributed by atoms with van der Waals surface area (Å²) in [4.78, 5) is 8.88. The molecule has 0 radical (unpaired) electrons. The number of aryl methyl sites for hydroxylation is 1. The van der Waals surface area contributed by atoms with Crippen LogP contribution in [0.4, 0.5) is 0 Å². The zero-order valence-electron chi connectivity index (χ0n) is 11.7. The molecule has 0 saturated carbocycles. The van der Waals surface area contributed by atoms with E-state index in [1.54, 1.807) is 6.20 Å². The van der Waals surface area contributed by atoms with E-state index in [2.05, 4.69) is 15.3 Å². The molecule has 2 heterocycles. The Morgan fingerprint density at radius 2 is 2.15 bits per heavy atom. The molecule has 1 aliphatic heterocycles. The number of para-hydroxylation sites is 1. The monoisotopic (exact) mass is 269 g/mol. The first-order valence-electron chi connectivity index (χ1n) is 7.09. The summed E-state index contributed by atoms with van der Waals surface area (Å²) in [7, 11) is 0. The molecule has 20 heavy (non-hydrogen) atoms. The van der Waals surface area contributed by atoms with Crippen molar-refractivity contribution in [2.75, 3.05) is 13.1 Å². The van der Waals surface area contributed by atoms with Gasteiger partial charge in [0.05, 0.1) is 11.9 Å². The molecule has 104 valence electrons. The van der Waals surface area contributed by atoms with Gasteiger partial charge < -0.3 is 10.1 Å². The molecule has 1 aliphatic rings. The molecular formula is C16H19N3O. The van der Waals surface area contributed by atoms with E-state index in [-0.39, 0.29) is 0 Å². The Morgan fingerprint density at radius 3 is 2.95 bits per heavy atom. The number of hydrogen-bond acceptors (Lipinski definition) is 4. The van der Waals surface area contributed by atoms with E-state index in [0.717, 1.165) is 36.5 Å². The summed E-state index contributed by atoms with van der Waals surface area (Å²) < 4.78 is 5.85. The third-order valence-corrected chi connectivity index (χ3v) is 3.65. The lowest BCUT2D eigenvalue weighted by molar-refractivity contribution is 0.430. The molecule has 1 N–H and O–H groups in total. The van der Waals surface area contributed by atoms with Gasteiger partial charge in [0, 0.05) is 18.7 Å². The van der Waals surface area contributed by atoms with E-state index in [4.69, 9.17) is 4.74 Å². The lowest BCUT2D eigenvalue weighted by atomic mass is 9.97. The molecule has 1 fully saturated rings. The Kier molecular flexibility index (Phi) is 3.92. The highest BCUT2D eigenvalue weighted by atomic mass is 16.5. The zero-order valence-corrected chi connectivity index (χ0v) is 11.7. The summed E-state index contributed by atoms with van der Waals surface area (Å²) in [6, 6.07) is 7.94. The Bertz CT molecular complexity index is 579. The predicted molar refractivity (Wildman–Crippen MR) is 78.1 cm³/mol. The summed E-state index contributed by atoms with van der Waals surface area (Å²) >= 11 is 0. The molecular weight excluding hydrogens is 250 g/mol. The standard InChI is InChI=1S/C16H19N3O/c1-12-5-2-3-7-15(12)20-16-11-18-10-14(19-16)13-6-4-8-17-9-13/h2-3,5,7,10-11,13,17H,4,6,8-9H2,1H3. The summed E-state index contributed by atoms with van der Waals surface area (Å²) in [5.41, 5.74) is 2.11. The van der Waals surface area contributed by atoms with Gasteiger partial charge in [0.1, 0.15) is 5.75 Å². The Balaban J connectivity index is 1.79. The lowest BCUT2D eigenvalue weighted by Crippen LogP contribution is -2.28. The Hall–Kier alpha value is -1.94. The number of hydrogen-bond donors (Lipinski definition) is 1. The Morgan fingerprint density at radius 1 is 1.25 bits per heavy atom. The van der Waals surface area contributed by atoms with Crippen LogP contribution in [-0.4, -0.2) is 23.1 Å². The van der Waals surface area contributed by atoms with Crippen molar-refractivity contribution in [1.29, 1.82) is 0 Å². The fourth-order valence-electron chi connectivity index (χ4n) is 2.50.